The molecule has 0 saturated carbocycles. The Morgan fingerprint density at radius 3 is 2.84 bits per heavy atom. The van der Waals surface area contributed by atoms with Crippen LogP contribution in [0, 0.1) is 5.82 Å². The fraction of sp³-hybridized carbons (Fsp3) is 0.643. The molecule has 4 nitrogen and oxygen atoms in total. The minimum Gasteiger partial charge on any atom is -0.381 e. The molecule has 0 spiro atoms. The van der Waals surface area contributed by atoms with Gasteiger partial charge in [0.15, 0.2) is 11.6 Å². The predicted molar refractivity (Wildman–Crippen MR) is 73.8 cm³/mol. The highest BCUT2D eigenvalue weighted by Crippen LogP contribution is 2.23. The number of nitrogens with zero attached hydrogens (tertiary/aromatic N) is 2. The van der Waals surface area contributed by atoms with Gasteiger partial charge < -0.3 is 15.0 Å². The Bertz CT molecular complexity index is 406. The molecule has 5 heteroatoms. The van der Waals surface area contributed by atoms with Gasteiger partial charge in [-0.3, -0.25) is 0 Å². The van der Waals surface area contributed by atoms with E-state index in [0.717, 1.165) is 32.5 Å². The van der Waals surface area contributed by atoms with E-state index in [2.05, 4.69) is 10.3 Å². The zero-order valence-electron chi connectivity index (χ0n) is 11.7. The van der Waals surface area contributed by atoms with Crippen LogP contribution in [0.5, 0.6) is 0 Å². The third kappa shape index (κ3) is 3.42. The molecule has 0 atom stereocenters. The van der Waals surface area contributed by atoms with Crippen LogP contribution in [0.3, 0.4) is 0 Å². The van der Waals surface area contributed by atoms with Crippen molar-refractivity contribution < 1.29 is 9.13 Å². The van der Waals surface area contributed by atoms with Gasteiger partial charge in [0.1, 0.15) is 0 Å². The molecule has 1 fully saturated rings. The number of nitrogens with one attached hydrogen (secondary N) is 1. The van der Waals surface area contributed by atoms with Gasteiger partial charge >= 0.3 is 0 Å². The smallest absolute Gasteiger partial charge is 0.170 e. The first-order valence-electron chi connectivity index (χ1n) is 6.88. The minimum atomic E-state index is -0.195. The Morgan fingerprint density at radius 1 is 1.47 bits per heavy atom. The fourth-order valence-corrected chi connectivity index (χ4v) is 2.39. The van der Waals surface area contributed by atoms with Gasteiger partial charge in [-0.05, 0) is 25.5 Å². The van der Waals surface area contributed by atoms with Crippen molar-refractivity contribution in [3.05, 3.63) is 23.6 Å². The van der Waals surface area contributed by atoms with Crippen molar-refractivity contribution in [3.8, 4) is 0 Å². The number of methoxy groups -OCH3 is 1. The Morgan fingerprint density at radius 2 is 2.21 bits per heavy atom. The highest BCUT2D eigenvalue weighted by atomic mass is 19.1. The van der Waals surface area contributed by atoms with Crippen LogP contribution in [0.4, 0.5) is 10.2 Å². The summed E-state index contributed by atoms with van der Waals surface area (Å²) in [6.45, 7) is 4.98. The first-order valence-corrected chi connectivity index (χ1v) is 6.88. The number of piperidine rings is 1. The van der Waals surface area contributed by atoms with E-state index in [1.54, 1.807) is 19.4 Å². The summed E-state index contributed by atoms with van der Waals surface area (Å²) in [6, 6.07) is 1.74. The van der Waals surface area contributed by atoms with Gasteiger partial charge in [-0.1, -0.05) is 6.92 Å². The van der Waals surface area contributed by atoms with Gasteiger partial charge in [-0.15, -0.1) is 0 Å². The van der Waals surface area contributed by atoms with E-state index < -0.39 is 0 Å². The average molecular weight is 267 g/mol. The summed E-state index contributed by atoms with van der Waals surface area (Å²) < 4.78 is 19.7. The highest BCUT2D eigenvalue weighted by molar-refractivity contribution is 5.43. The molecule has 2 rings (SSSR count). The Balaban J connectivity index is 2.08. The summed E-state index contributed by atoms with van der Waals surface area (Å²) in [5.41, 5.74) is 0.681. The van der Waals surface area contributed by atoms with Crippen LogP contribution in [-0.4, -0.2) is 37.8 Å². The van der Waals surface area contributed by atoms with E-state index >= 15 is 0 Å². The van der Waals surface area contributed by atoms with E-state index in [1.165, 1.54) is 0 Å². The molecule has 0 unspecified atom stereocenters. The molecule has 1 saturated heterocycles. The zero-order valence-corrected chi connectivity index (χ0v) is 11.7. The first kappa shape index (κ1) is 14.2. The molecule has 19 heavy (non-hydrogen) atoms. The fourth-order valence-electron chi connectivity index (χ4n) is 2.39. The van der Waals surface area contributed by atoms with Crippen LogP contribution in [0.2, 0.25) is 0 Å². The monoisotopic (exact) mass is 267 g/mol. The van der Waals surface area contributed by atoms with E-state index in [-0.39, 0.29) is 5.82 Å². The van der Waals surface area contributed by atoms with Crippen molar-refractivity contribution in [1.82, 2.24) is 10.3 Å². The molecule has 0 aliphatic carbocycles. The number of halogens is 1. The topological polar surface area (TPSA) is 37.4 Å². The van der Waals surface area contributed by atoms with E-state index in [0.29, 0.717) is 24.0 Å². The van der Waals surface area contributed by atoms with E-state index in [9.17, 15) is 4.39 Å². The summed E-state index contributed by atoms with van der Waals surface area (Å²) in [4.78, 5) is 6.22. The van der Waals surface area contributed by atoms with Crippen LogP contribution in [-0.2, 0) is 11.3 Å². The Hall–Kier alpha value is -1.20. The number of ether oxygens (including phenoxy) is 1. The summed E-state index contributed by atoms with van der Waals surface area (Å²) in [6.07, 6.45) is 3.83. The number of hydrogen-bond acceptors (Lipinski definition) is 4. The molecule has 0 bridgehead atoms. The van der Waals surface area contributed by atoms with Crippen LogP contribution >= 0.6 is 0 Å². The molecule has 0 amide bonds. The lowest BCUT2D eigenvalue weighted by Gasteiger charge is -2.32. The lowest BCUT2D eigenvalue weighted by atomic mass is 10.1. The van der Waals surface area contributed by atoms with Gasteiger partial charge in [0.05, 0.1) is 6.10 Å². The van der Waals surface area contributed by atoms with Crippen LogP contribution < -0.4 is 10.2 Å². The maximum Gasteiger partial charge on any atom is 0.170 e. The van der Waals surface area contributed by atoms with Crippen molar-refractivity contribution in [3.63, 3.8) is 0 Å². The normalized spacial score (nSPS) is 16.9. The SMILES string of the molecule is CCNCc1ccnc(N2CCC(OC)CC2)c1F. The number of rotatable bonds is 5. The number of anilines is 1. The standard InChI is InChI=1S/C14H22FN3O/c1-3-16-10-11-4-7-17-14(13(11)15)18-8-5-12(19-2)6-9-18/h4,7,12,16H,3,5-6,8-10H2,1-2H3. The van der Waals surface area contributed by atoms with E-state index in [4.69, 9.17) is 4.74 Å². The number of hydrogen-bond donors (Lipinski definition) is 1. The zero-order chi connectivity index (χ0) is 13.7. The number of pyridine rings is 1. The highest BCUT2D eigenvalue weighted by Gasteiger charge is 2.22. The molecule has 106 valence electrons. The minimum absolute atomic E-state index is 0.195. The Kier molecular flexibility index (Phi) is 5.10. The van der Waals surface area contributed by atoms with Gasteiger partial charge in [-0.2, -0.15) is 0 Å². The lowest BCUT2D eigenvalue weighted by molar-refractivity contribution is 0.0816. The second kappa shape index (κ2) is 6.82. The first-order chi connectivity index (χ1) is 9.26. The van der Waals surface area contributed by atoms with Crippen molar-refractivity contribution >= 4 is 5.82 Å². The van der Waals surface area contributed by atoms with Crippen LogP contribution in [0.15, 0.2) is 12.3 Å². The van der Waals surface area contributed by atoms with Crippen LogP contribution in [0.1, 0.15) is 25.3 Å². The van der Waals surface area contributed by atoms with Gasteiger partial charge in [0.2, 0.25) is 0 Å². The quantitative estimate of drug-likeness (QED) is 0.885. The molecule has 2 heterocycles. The Labute approximate surface area is 114 Å². The second-order valence-corrected chi connectivity index (χ2v) is 4.81. The van der Waals surface area contributed by atoms with Gasteiger partial charge in [0.25, 0.3) is 0 Å². The molecule has 1 aromatic rings. The molecular weight excluding hydrogens is 245 g/mol. The molecule has 1 N–H and O–H groups in total. The van der Waals surface area contributed by atoms with Crippen molar-refractivity contribution in [2.75, 3.05) is 31.6 Å². The van der Waals surface area contributed by atoms with Gasteiger partial charge in [0, 0.05) is 38.5 Å². The molecule has 1 aliphatic rings. The number of aromatic nitrogens is 1. The second-order valence-electron chi connectivity index (χ2n) is 4.81. The summed E-state index contributed by atoms with van der Waals surface area (Å²) in [5.74, 6) is 0.282. The van der Waals surface area contributed by atoms with Crippen molar-refractivity contribution in [1.29, 1.82) is 0 Å². The maximum atomic E-state index is 14.4. The van der Waals surface area contributed by atoms with E-state index in [1.807, 2.05) is 11.8 Å². The molecule has 1 aliphatic heterocycles. The predicted octanol–water partition coefficient (Wildman–Crippen LogP) is 1.95. The molecule has 1 aromatic heterocycles. The van der Waals surface area contributed by atoms with Crippen molar-refractivity contribution in [2.45, 2.75) is 32.4 Å². The molecule has 0 aromatic carbocycles. The summed E-state index contributed by atoms with van der Waals surface area (Å²) >= 11 is 0. The summed E-state index contributed by atoms with van der Waals surface area (Å²) in [5, 5.41) is 3.15. The lowest BCUT2D eigenvalue weighted by Crippen LogP contribution is -2.37. The largest absolute Gasteiger partial charge is 0.381 e. The van der Waals surface area contributed by atoms with Crippen LogP contribution in [0.25, 0.3) is 0 Å². The van der Waals surface area contributed by atoms with Crippen molar-refractivity contribution in [2.24, 2.45) is 0 Å². The third-order valence-electron chi connectivity index (χ3n) is 3.59. The molecular formula is C14H22FN3O. The van der Waals surface area contributed by atoms with Gasteiger partial charge in [-0.25, -0.2) is 9.37 Å². The third-order valence-corrected chi connectivity index (χ3v) is 3.59. The summed E-state index contributed by atoms with van der Waals surface area (Å²) in [7, 11) is 1.73. The maximum absolute atomic E-state index is 14.4. The average Bonchev–Trinajstić information content (AvgIpc) is 2.46. The molecule has 0 radical (unpaired) electrons.